The Bertz CT molecular complexity index is 566. The third-order valence-electron chi connectivity index (χ3n) is 2.69. The number of hydrogen-bond acceptors (Lipinski definition) is 6. The van der Waals surface area contributed by atoms with Crippen LogP contribution in [-0.2, 0) is 16.6 Å². The van der Waals surface area contributed by atoms with Gasteiger partial charge in [0.15, 0.2) is 11.8 Å². The molecule has 0 aliphatic rings. The van der Waals surface area contributed by atoms with E-state index >= 15 is 0 Å². The molecule has 0 bridgehead atoms. The van der Waals surface area contributed by atoms with Crippen LogP contribution < -0.4 is 16.4 Å². The molecule has 3 amide bonds. The molecule has 1 aromatic rings. The molecule has 9 nitrogen and oxygen atoms in total. The largest absolute Gasteiger partial charge is 0.448 e. The van der Waals surface area contributed by atoms with Crippen molar-refractivity contribution in [2.75, 3.05) is 12.3 Å². The number of carbonyl (C=O) groups excluding carboxylic acids is 3. The van der Waals surface area contributed by atoms with E-state index in [1.54, 1.807) is 20.9 Å². The Morgan fingerprint density at radius 3 is 2.52 bits per heavy atom. The van der Waals surface area contributed by atoms with E-state index in [9.17, 15) is 14.4 Å². The first-order valence-electron chi connectivity index (χ1n) is 6.36. The minimum atomic E-state index is -1.14. The zero-order valence-electron chi connectivity index (χ0n) is 12.4. The molecule has 0 saturated heterocycles. The number of nitrogen functional groups attached to an aromatic ring is 1. The summed E-state index contributed by atoms with van der Waals surface area (Å²) in [5.41, 5.74) is 6.47. The lowest BCUT2D eigenvalue weighted by atomic mass is 10.3. The highest BCUT2D eigenvalue weighted by Gasteiger charge is 2.25. The van der Waals surface area contributed by atoms with Crippen molar-refractivity contribution in [3.05, 3.63) is 11.4 Å². The number of nitrogens with one attached hydrogen (secondary N) is 2. The van der Waals surface area contributed by atoms with Gasteiger partial charge in [-0.05, 0) is 20.8 Å². The first-order valence-corrected chi connectivity index (χ1v) is 6.36. The number of urea groups is 1. The van der Waals surface area contributed by atoms with Gasteiger partial charge in [0.2, 0.25) is 0 Å². The van der Waals surface area contributed by atoms with Gasteiger partial charge < -0.3 is 15.8 Å². The molecule has 9 heteroatoms. The number of amides is 3. The number of rotatable bonds is 4. The molecule has 4 N–H and O–H groups in total. The van der Waals surface area contributed by atoms with Crippen molar-refractivity contribution in [2.24, 2.45) is 7.05 Å². The number of nitrogens with two attached hydrogens (primary N) is 1. The molecule has 1 unspecified atom stereocenters. The number of ether oxygens (including phenoxy) is 1. The van der Waals surface area contributed by atoms with Crippen molar-refractivity contribution in [1.82, 2.24) is 20.4 Å². The second-order valence-electron chi connectivity index (χ2n) is 4.37. The molecule has 0 aromatic carbocycles. The van der Waals surface area contributed by atoms with Crippen LogP contribution in [0.5, 0.6) is 0 Å². The van der Waals surface area contributed by atoms with Gasteiger partial charge in [-0.1, -0.05) is 0 Å². The molecule has 21 heavy (non-hydrogen) atoms. The van der Waals surface area contributed by atoms with Crippen molar-refractivity contribution in [2.45, 2.75) is 26.9 Å². The summed E-state index contributed by atoms with van der Waals surface area (Å²) in [7, 11) is 1.54. The fourth-order valence-corrected chi connectivity index (χ4v) is 1.60. The molecule has 0 spiro atoms. The van der Waals surface area contributed by atoms with Gasteiger partial charge in [0, 0.05) is 13.6 Å². The summed E-state index contributed by atoms with van der Waals surface area (Å²) >= 11 is 0. The van der Waals surface area contributed by atoms with Gasteiger partial charge in [-0.2, -0.15) is 5.10 Å². The quantitative estimate of drug-likeness (QED) is 0.655. The summed E-state index contributed by atoms with van der Waals surface area (Å²) in [6.07, 6.45) is -1.14. The number of imide groups is 1. The van der Waals surface area contributed by atoms with E-state index in [0.717, 1.165) is 0 Å². The highest BCUT2D eigenvalue weighted by atomic mass is 16.5. The summed E-state index contributed by atoms with van der Waals surface area (Å²) < 4.78 is 6.26. The zero-order chi connectivity index (χ0) is 16.2. The number of hydrogen-bond donors (Lipinski definition) is 3. The van der Waals surface area contributed by atoms with Crippen LogP contribution in [0.1, 0.15) is 30.0 Å². The van der Waals surface area contributed by atoms with Crippen LogP contribution in [0.2, 0.25) is 0 Å². The van der Waals surface area contributed by atoms with Crippen LogP contribution in [0.15, 0.2) is 0 Å². The summed E-state index contributed by atoms with van der Waals surface area (Å²) in [5, 5.41) is 8.43. The zero-order valence-corrected chi connectivity index (χ0v) is 12.4. The van der Waals surface area contributed by atoms with E-state index in [1.807, 2.05) is 0 Å². The topological polar surface area (TPSA) is 128 Å². The van der Waals surface area contributed by atoms with Crippen molar-refractivity contribution < 1.29 is 19.1 Å². The summed E-state index contributed by atoms with van der Waals surface area (Å²) in [6.45, 7) is 5.09. The average Bonchev–Trinajstić information content (AvgIpc) is 2.63. The van der Waals surface area contributed by atoms with Gasteiger partial charge in [-0.15, -0.1) is 0 Å². The lowest BCUT2D eigenvalue weighted by molar-refractivity contribution is -0.127. The fourth-order valence-electron chi connectivity index (χ4n) is 1.60. The summed E-state index contributed by atoms with van der Waals surface area (Å²) in [4.78, 5) is 34.9. The average molecular weight is 297 g/mol. The monoisotopic (exact) mass is 297 g/mol. The molecule has 1 atom stereocenters. The van der Waals surface area contributed by atoms with E-state index in [0.29, 0.717) is 12.2 Å². The number of carbonyl (C=O) groups is 3. The molecular weight excluding hydrogens is 278 g/mol. The minimum Gasteiger partial charge on any atom is -0.448 e. The Morgan fingerprint density at radius 1 is 1.43 bits per heavy atom. The SMILES string of the molecule is CCNC(=O)NC(=O)C(C)OC(=O)c1c(N)c(C)nn1C. The number of aryl methyl sites for hydroxylation is 2. The predicted molar refractivity (Wildman–Crippen MR) is 74.5 cm³/mol. The number of anilines is 1. The van der Waals surface area contributed by atoms with Gasteiger partial charge >= 0.3 is 12.0 Å². The van der Waals surface area contributed by atoms with Crippen LogP contribution >= 0.6 is 0 Å². The van der Waals surface area contributed by atoms with E-state index < -0.39 is 24.0 Å². The molecule has 1 heterocycles. The predicted octanol–water partition coefficient (Wildman–Crippen LogP) is -0.298. The second-order valence-corrected chi connectivity index (χ2v) is 4.37. The third kappa shape index (κ3) is 3.94. The standard InChI is InChI=1S/C12H19N5O4/c1-5-14-12(20)15-10(18)7(3)21-11(19)9-8(13)6(2)16-17(9)4/h7H,5,13H2,1-4H3,(H2,14,15,18,20). The van der Waals surface area contributed by atoms with Crippen molar-refractivity contribution in [3.63, 3.8) is 0 Å². The Labute approximate surface area is 121 Å². The van der Waals surface area contributed by atoms with Gasteiger partial charge in [0.25, 0.3) is 5.91 Å². The molecule has 116 valence electrons. The van der Waals surface area contributed by atoms with Crippen molar-refractivity contribution in [1.29, 1.82) is 0 Å². The summed E-state index contributed by atoms with van der Waals surface area (Å²) in [6, 6.07) is -0.652. The van der Waals surface area contributed by atoms with E-state index in [1.165, 1.54) is 11.6 Å². The molecule has 0 radical (unpaired) electrons. The maximum atomic E-state index is 12.0. The number of esters is 1. The number of nitrogens with zero attached hydrogens (tertiary/aromatic N) is 2. The highest BCUT2D eigenvalue weighted by Crippen LogP contribution is 2.16. The van der Waals surface area contributed by atoms with Gasteiger partial charge in [0.05, 0.1) is 11.4 Å². The minimum absolute atomic E-state index is 0.0603. The van der Waals surface area contributed by atoms with Crippen LogP contribution in [0, 0.1) is 6.92 Å². The Balaban J connectivity index is 2.70. The molecule has 0 saturated carbocycles. The Kier molecular flexibility index (Phi) is 5.28. The van der Waals surface area contributed by atoms with Crippen LogP contribution in [-0.4, -0.2) is 40.3 Å². The molecule has 1 rings (SSSR count). The van der Waals surface area contributed by atoms with E-state index in [-0.39, 0.29) is 11.4 Å². The highest BCUT2D eigenvalue weighted by molar-refractivity contribution is 5.99. The Hall–Kier alpha value is -2.58. The van der Waals surface area contributed by atoms with Crippen LogP contribution in [0.4, 0.5) is 10.5 Å². The van der Waals surface area contributed by atoms with Crippen molar-refractivity contribution in [3.8, 4) is 0 Å². The normalized spacial score (nSPS) is 11.6. The molecule has 0 aliphatic carbocycles. The van der Waals surface area contributed by atoms with E-state index in [4.69, 9.17) is 10.5 Å². The molecule has 0 fully saturated rings. The van der Waals surface area contributed by atoms with Crippen molar-refractivity contribution >= 4 is 23.6 Å². The fraction of sp³-hybridized carbons (Fsp3) is 0.500. The first-order chi connectivity index (χ1) is 9.77. The molecule has 1 aromatic heterocycles. The maximum absolute atomic E-state index is 12.0. The van der Waals surface area contributed by atoms with Crippen LogP contribution in [0.3, 0.4) is 0 Å². The molecular formula is C12H19N5O4. The maximum Gasteiger partial charge on any atom is 0.359 e. The third-order valence-corrected chi connectivity index (χ3v) is 2.69. The summed E-state index contributed by atoms with van der Waals surface area (Å²) in [5.74, 6) is -1.51. The number of aromatic nitrogens is 2. The lowest BCUT2D eigenvalue weighted by Crippen LogP contribution is -2.44. The van der Waals surface area contributed by atoms with Crippen LogP contribution in [0.25, 0.3) is 0 Å². The van der Waals surface area contributed by atoms with Gasteiger partial charge in [-0.3, -0.25) is 14.8 Å². The van der Waals surface area contributed by atoms with Gasteiger partial charge in [0.1, 0.15) is 0 Å². The van der Waals surface area contributed by atoms with E-state index in [2.05, 4.69) is 15.7 Å². The Morgan fingerprint density at radius 2 is 2.05 bits per heavy atom. The second kappa shape index (κ2) is 6.73. The van der Waals surface area contributed by atoms with Gasteiger partial charge in [-0.25, -0.2) is 9.59 Å². The molecule has 0 aliphatic heterocycles. The first kappa shape index (κ1) is 16.5. The lowest BCUT2D eigenvalue weighted by Gasteiger charge is -2.13. The smallest absolute Gasteiger partial charge is 0.359 e.